The molecular weight excluding hydrogens is 530 g/mol. The van der Waals surface area contributed by atoms with E-state index in [9.17, 15) is 4.79 Å². The van der Waals surface area contributed by atoms with Crippen molar-refractivity contribution in [2.24, 2.45) is 0 Å². The molecule has 1 saturated heterocycles. The van der Waals surface area contributed by atoms with E-state index in [2.05, 4.69) is 31.1 Å². The molecule has 0 radical (unpaired) electrons. The van der Waals surface area contributed by atoms with Gasteiger partial charge in [0.2, 0.25) is 6.41 Å². The second-order valence-corrected chi connectivity index (χ2v) is 9.93. The van der Waals surface area contributed by atoms with Gasteiger partial charge < -0.3 is 14.8 Å². The van der Waals surface area contributed by atoms with Crippen molar-refractivity contribution in [1.29, 1.82) is 0 Å². The fourth-order valence-electron chi connectivity index (χ4n) is 3.73. The molecule has 10 heteroatoms. The molecule has 3 heterocycles. The topological polar surface area (TPSA) is 79.8 Å². The highest BCUT2D eigenvalue weighted by molar-refractivity contribution is 9.10. The number of benzene rings is 2. The number of aromatic nitrogens is 2. The van der Waals surface area contributed by atoms with Gasteiger partial charge in [0.15, 0.2) is 5.13 Å². The Hall–Kier alpha value is -3.05. The number of amides is 1. The lowest BCUT2D eigenvalue weighted by Crippen LogP contribution is -2.41. The first kappa shape index (κ1) is 23.7. The predicted octanol–water partition coefficient (Wildman–Crippen LogP) is 5.28. The van der Waals surface area contributed by atoms with Crippen LogP contribution in [-0.4, -0.2) is 60.7 Å². The molecule has 35 heavy (non-hydrogen) atoms. The number of hydrogen-bond acceptors (Lipinski definition) is 8. The van der Waals surface area contributed by atoms with Crippen LogP contribution < -0.4 is 15.0 Å². The van der Waals surface area contributed by atoms with Gasteiger partial charge in [-0.25, -0.2) is 9.97 Å². The van der Waals surface area contributed by atoms with Gasteiger partial charge >= 0.3 is 0 Å². The van der Waals surface area contributed by atoms with E-state index in [1.54, 1.807) is 34.6 Å². The van der Waals surface area contributed by atoms with Crippen molar-refractivity contribution in [2.45, 2.75) is 0 Å². The number of morpholine rings is 1. The highest BCUT2D eigenvalue weighted by Gasteiger charge is 2.14. The third kappa shape index (κ3) is 6.15. The molecule has 1 N–H and O–H groups in total. The maximum atomic E-state index is 11.7. The third-order valence-corrected chi connectivity index (χ3v) is 7.07. The molecular formula is C25H24BrN5O3S. The van der Waals surface area contributed by atoms with Gasteiger partial charge in [-0.3, -0.25) is 14.6 Å². The lowest BCUT2D eigenvalue weighted by molar-refractivity contribution is -0.107. The van der Waals surface area contributed by atoms with E-state index < -0.39 is 0 Å². The minimum atomic E-state index is 0.554. The van der Waals surface area contributed by atoms with E-state index in [0.717, 1.165) is 64.8 Å². The summed E-state index contributed by atoms with van der Waals surface area (Å²) in [5.41, 5.74) is 1.82. The third-order valence-electron chi connectivity index (χ3n) is 5.59. The maximum absolute atomic E-state index is 11.7. The number of anilines is 3. The lowest BCUT2D eigenvalue weighted by atomic mass is 10.3. The minimum Gasteiger partial charge on any atom is -0.457 e. The molecule has 0 atom stereocenters. The van der Waals surface area contributed by atoms with Gasteiger partial charge in [0.05, 0.1) is 23.4 Å². The van der Waals surface area contributed by atoms with Crippen molar-refractivity contribution in [3.63, 3.8) is 0 Å². The summed E-state index contributed by atoms with van der Waals surface area (Å²) in [5.74, 6) is 1.83. The van der Waals surface area contributed by atoms with Gasteiger partial charge in [-0.05, 0) is 42.5 Å². The van der Waals surface area contributed by atoms with Crippen LogP contribution >= 0.6 is 27.3 Å². The Balaban J connectivity index is 1.26. The molecule has 0 spiro atoms. The Kier molecular flexibility index (Phi) is 7.53. The molecule has 1 amide bonds. The molecule has 2 aromatic carbocycles. The summed E-state index contributed by atoms with van der Waals surface area (Å²) >= 11 is 5.03. The number of carbonyl (C=O) groups is 1. The van der Waals surface area contributed by atoms with Crippen LogP contribution in [0.5, 0.6) is 11.5 Å². The minimum absolute atomic E-state index is 0.554. The molecule has 8 nitrogen and oxygen atoms in total. The van der Waals surface area contributed by atoms with E-state index in [4.69, 9.17) is 14.5 Å². The van der Waals surface area contributed by atoms with Crippen molar-refractivity contribution in [3.8, 4) is 11.5 Å². The first-order chi connectivity index (χ1) is 17.2. The summed E-state index contributed by atoms with van der Waals surface area (Å²) in [6.45, 7) is 4.54. The maximum Gasteiger partial charge on any atom is 0.215 e. The Labute approximate surface area is 215 Å². The van der Waals surface area contributed by atoms with Crippen molar-refractivity contribution in [3.05, 3.63) is 65.3 Å². The summed E-state index contributed by atoms with van der Waals surface area (Å²) in [4.78, 5) is 24.7. The van der Waals surface area contributed by atoms with Crippen LogP contribution in [0.15, 0.2) is 65.3 Å². The molecule has 1 aliphatic rings. The van der Waals surface area contributed by atoms with Crippen LogP contribution in [0, 0.1) is 0 Å². The van der Waals surface area contributed by atoms with Gasteiger partial charge in [-0.15, -0.1) is 0 Å². The molecule has 0 unspecified atom stereocenters. The van der Waals surface area contributed by atoms with Crippen LogP contribution in [-0.2, 0) is 9.53 Å². The highest BCUT2D eigenvalue weighted by Crippen LogP contribution is 2.33. The van der Waals surface area contributed by atoms with E-state index >= 15 is 0 Å². The molecule has 5 rings (SSSR count). The standard InChI is InChI=1S/C25H24BrN5O3S/c26-18-1-3-19(4-2-18)28-25-29-22-15-20(5-6-23(22)35-25)34-21-7-8-27-24(16-21)31(17-32)10-9-30-11-13-33-14-12-30/h1-8,15-17H,9-14H2,(H,28,29). The largest absolute Gasteiger partial charge is 0.457 e. The van der Waals surface area contributed by atoms with Crippen LogP contribution in [0.2, 0.25) is 0 Å². The van der Waals surface area contributed by atoms with E-state index in [1.807, 2.05) is 42.5 Å². The Morgan fingerprint density at radius 3 is 2.71 bits per heavy atom. The number of fused-ring (bicyclic) bond motifs is 1. The van der Waals surface area contributed by atoms with E-state index in [-0.39, 0.29) is 0 Å². The summed E-state index contributed by atoms with van der Waals surface area (Å²) in [6, 6.07) is 17.3. The Morgan fingerprint density at radius 2 is 1.91 bits per heavy atom. The summed E-state index contributed by atoms with van der Waals surface area (Å²) in [5, 5.41) is 4.15. The van der Waals surface area contributed by atoms with Gasteiger partial charge in [-0.2, -0.15) is 0 Å². The smallest absolute Gasteiger partial charge is 0.215 e. The number of halogens is 1. The number of hydrogen-bond donors (Lipinski definition) is 1. The Bertz CT molecular complexity index is 1290. The number of nitrogens with zero attached hydrogens (tertiary/aromatic N) is 4. The first-order valence-electron chi connectivity index (χ1n) is 11.3. The highest BCUT2D eigenvalue weighted by atomic mass is 79.9. The van der Waals surface area contributed by atoms with Gasteiger partial charge in [-0.1, -0.05) is 27.3 Å². The molecule has 180 valence electrons. The molecule has 4 aromatic rings. The average molecular weight is 554 g/mol. The van der Waals surface area contributed by atoms with Crippen molar-refractivity contribution in [1.82, 2.24) is 14.9 Å². The second kappa shape index (κ2) is 11.1. The Morgan fingerprint density at radius 1 is 1.11 bits per heavy atom. The number of carbonyl (C=O) groups excluding carboxylic acids is 1. The lowest BCUT2D eigenvalue weighted by Gasteiger charge is -2.28. The molecule has 0 aliphatic carbocycles. The van der Waals surface area contributed by atoms with E-state index in [0.29, 0.717) is 23.9 Å². The number of nitrogens with one attached hydrogen (secondary N) is 1. The quantitative estimate of drug-likeness (QED) is 0.282. The summed E-state index contributed by atoms with van der Waals surface area (Å²) < 4.78 is 13.6. The van der Waals surface area contributed by atoms with Crippen molar-refractivity contribution >= 4 is 60.5 Å². The number of pyridine rings is 1. The van der Waals surface area contributed by atoms with Crippen molar-refractivity contribution in [2.75, 3.05) is 49.6 Å². The van der Waals surface area contributed by atoms with Crippen LogP contribution in [0.4, 0.5) is 16.6 Å². The normalized spacial score (nSPS) is 14.1. The number of rotatable bonds is 9. The second-order valence-electron chi connectivity index (χ2n) is 7.99. The van der Waals surface area contributed by atoms with Crippen LogP contribution in [0.1, 0.15) is 0 Å². The molecule has 1 aliphatic heterocycles. The zero-order valence-electron chi connectivity index (χ0n) is 18.9. The van der Waals surface area contributed by atoms with E-state index in [1.165, 1.54) is 0 Å². The monoisotopic (exact) mass is 553 g/mol. The first-order valence-corrected chi connectivity index (χ1v) is 12.9. The number of ether oxygens (including phenoxy) is 2. The number of thiazole rings is 1. The summed E-state index contributed by atoms with van der Waals surface area (Å²) in [6.07, 6.45) is 2.46. The SMILES string of the molecule is O=CN(CCN1CCOCC1)c1cc(Oc2ccc3sc(Nc4ccc(Br)cc4)nc3c2)ccn1. The molecule has 0 saturated carbocycles. The van der Waals surface area contributed by atoms with Gasteiger partial charge in [0.25, 0.3) is 0 Å². The molecule has 2 aromatic heterocycles. The van der Waals surface area contributed by atoms with Crippen LogP contribution in [0.3, 0.4) is 0 Å². The zero-order valence-corrected chi connectivity index (χ0v) is 21.3. The summed E-state index contributed by atoms with van der Waals surface area (Å²) in [7, 11) is 0. The fraction of sp³-hybridized carbons (Fsp3) is 0.240. The average Bonchev–Trinajstić information content (AvgIpc) is 3.28. The zero-order chi connectivity index (χ0) is 24.0. The van der Waals surface area contributed by atoms with Gasteiger partial charge in [0.1, 0.15) is 17.3 Å². The predicted molar refractivity (Wildman–Crippen MR) is 142 cm³/mol. The molecule has 1 fully saturated rings. The fourth-order valence-corrected chi connectivity index (χ4v) is 4.86. The molecule has 0 bridgehead atoms. The van der Waals surface area contributed by atoms with Gasteiger partial charge in [0, 0.05) is 54.7 Å². The van der Waals surface area contributed by atoms with Crippen LogP contribution in [0.25, 0.3) is 10.2 Å². The van der Waals surface area contributed by atoms with Crippen molar-refractivity contribution < 1.29 is 14.3 Å².